The molecule has 0 aliphatic heterocycles. The average Bonchev–Trinajstić information content (AvgIpc) is 2.64. The number of benzene rings is 2. The minimum atomic E-state index is -0.115. The number of rotatable bonds is 8. The molecule has 0 bridgehead atoms. The minimum Gasteiger partial charge on any atom is -0.496 e. The van der Waals surface area contributed by atoms with Gasteiger partial charge in [0.05, 0.1) is 27.9 Å². The van der Waals surface area contributed by atoms with Crippen LogP contribution in [0.4, 0.5) is 5.69 Å². The van der Waals surface area contributed by atoms with Gasteiger partial charge in [0.25, 0.3) is 0 Å². The van der Waals surface area contributed by atoms with Gasteiger partial charge in [0, 0.05) is 23.9 Å². The second-order valence-electron chi connectivity index (χ2n) is 5.01. The van der Waals surface area contributed by atoms with E-state index in [1.54, 1.807) is 33.5 Å². The van der Waals surface area contributed by atoms with Gasteiger partial charge in [0.1, 0.15) is 5.75 Å². The number of amides is 1. The monoisotopic (exact) mass is 330 g/mol. The van der Waals surface area contributed by atoms with Gasteiger partial charge in [-0.3, -0.25) is 4.79 Å². The van der Waals surface area contributed by atoms with E-state index in [-0.39, 0.29) is 12.5 Å². The fraction of sp³-hybridized carbons (Fsp3) is 0.278. The number of ether oxygens (including phenoxy) is 3. The number of hydrogen-bond donors (Lipinski definition) is 2. The van der Waals surface area contributed by atoms with Gasteiger partial charge < -0.3 is 24.8 Å². The third-order valence-electron chi connectivity index (χ3n) is 3.51. The maximum atomic E-state index is 12.0. The Morgan fingerprint density at radius 2 is 1.62 bits per heavy atom. The highest BCUT2D eigenvalue weighted by molar-refractivity contribution is 5.80. The molecule has 2 rings (SSSR count). The van der Waals surface area contributed by atoms with E-state index < -0.39 is 0 Å². The number of carbonyl (C=O) groups is 1. The summed E-state index contributed by atoms with van der Waals surface area (Å²) in [6, 6.07) is 13.0. The SMILES string of the molecule is COc1ccccc1CNC(=O)CNc1ccc(OC)c(OC)c1. The van der Waals surface area contributed by atoms with Crippen molar-refractivity contribution in [3.8, 4) is 17.2 Å². The normalized spacial score (nSPS) is 9.96. The molecule has 2 aromatic carbocycles. The Kier molecular flexibility index (Phi) is 6.31. The third-order valence-corrected chi connectivity index (χ3v) is 3.51. The van der Waals surface area contributed by atoms with Crippen molar-refractivity contribution in [2.24, 2.45) is 0 Å². The molecule has 0 heterocycles. The minimum absolute atomic E-state index is 0.115. The Morgan fingerprint density at radius 1 is 0.917 bits per heavy atom. The molecule has 0 fully saturated rings. The predicted octanol–water partition coefficient (Wildman–Crippen LogP) is 2.44. The summed E-state index contributed by atoms with van der Waals surface area (Å²) in [5.74, 6) is 1.89. The van der Waals surface area contributed by atoms with Crippen LogP contribution >= 0.6 is 0 Å². The van der Waals surface area contributed by atoms with Crippen LogP contribution in [-0.4, -0.2) is 33.8 Å². The molecule has 0 aliphatic rings. The molecular formula is C18H22N2O4. The Morgan fingerprint density at radius 3 is 2.33 bits per heavy atom. The number of methoxy groups -OCH3 is 3. The van der Waals surface area contributed by atoms with E-state index in [9.17, 15) is 4.79 Å². The van der Waals surface area contributed by atoms with Crippen LogP contribution in [0.25, 0.3) is 0 Å². The molecule has 0 radical (unpaired) electrons. The first-order valence-electron chi connectivity index (χ1n) is 7.52. The first-order chi connectivity index (χ1) is 11.7. The van der Waals surface area contributed by atoms with Crippen molar-refractivity contribution in [1.29, 1.82) is 0 Å². The van der Waals surface area contributed by atoms with Crippen molar-refractivity contribution in [1.82, 2.24) is 5.32 Å². The molecule has 0 saturated heterocycles. The molecule has 128 valence electrons. The van der Waals surface area contributed by atoms with E-state index >= 15 is 0 Å². The molecule has 1 amide bonds. The lowest BCUT2D eigenvalue weighted by atomic mass is 10.2. The second-order valence-corrected chi connectivity index (χ2v) is 5.01. The molecule has 6 nitrogen and oxygen atoms in total. The van der Waals surface area contributed by atoms with Crippen molar-refractivity contribution in [3.05, 3.63) is 48.0 Å². The van der Waals surface area contributed by atoms with Crippen LogP contribution in [0, 0.1) is 0 Å². The van der Waals surface area contributed by atoms with Gasteiger partial charge in [-0.25, -0.2) is 0 Å². The highest BCUT2D eigenvalue weighted by Crippen LogP contribution is 2.29. The Labute approximate surface area is 141 Å². The smallest absolute Gasteiger partial charge is 0.239 e. The zero-order valence-corrected chi connectivity index (χ0v) is 14.1. The van der Waals surface area contributed by atoms with E-state index in [2.05, 4.69) is 10.6 Å². The van der Waals surface area contributed by atoms with Crippen LogP contribution in [0.1, 0.15) is 5.56 Å². The van der Waals surface area contributed by atoms with Crippen molar-refractivity contribution in [3.63, 3.8) is 0 Å². The highest BCUT2D eigenvalue weighted by atomic mass is 16.5. The van der Waals surface area contributed by atoms with Crippen molar-refractivity contribution in [2.45, 2.75) is 6.54 Å². The lowest BCUT2D eigenvalue weighted by molar-refractivity contribution is -0.119. The first-order valence-corrected chi connectivity index (χ1v) is 7.52. The average molecular weight is 330 g/mol. The molecule has 0 atom stereocenters. The summed E-state index contributed by atoms with van der Waals surface area (Å²) in [6.07, 6.45) is 0. The first kappa shape index (κ1) is 17.5. The number of carbonyl (C=O) groups excluding carboxylic acids is 1. The molecular weight excluding hydrogens is 308 g/mol. The number of anilines is 1. The van der Waals surface area contributed by atoms with Gasteiger partial charge in [-0.15, -0.1) is 0 Å². The Bertz CT molecular complexity index is 688. The second kappa shape index (κ2) is 8.67. The summed E-state index contributed by atoms with van der Waals surface area (Å²) in [7, 11) is 4.76. The van der Waals surface area contributed by atoms with Crippen LogP contribution < -0.4 is 24.8 Å². The van der Waals surface area contributed by atoms with Crippen LogP contribution in [-0.2, 0) is 11.3 Å². The van der Waals surface area contributed by atoms with E-state index in [0.717, 1.165) is 17.0 Å². The summed E-state index contributed by atoms with van der Waals surface area (Å²) >= 11 is 0. The number of para-hydroxylation sites is 1. The number of nitrogens with one attached hydrogen (secondary N) is 2. The van der Waals surface area contributed by atoms with E-state index in [1.807, 2.05) is 30.3 Å². The predicted molar refractivity (Wildman–Crippen MR) is 92.9 cm³/mol. The van der Waals surface area contributed by atoms with Gasteiger partial charge in [0.2, 0.25) is 5.91 Å². The van der Waals surface area contributed by atoms with E-state index in [0.29, 0.717) is 18.0 Å². The third kappa shape index (κ3) is 4.55. The molecule has 2 aromatic rings. The van der Waals surface area contributed by atoms with Crippen LogP contribution in [0.15, 0.2) is 42.5 Å². The highest BCUT2D eigenvalue weighted by Gasteiger charge is 2.07. The standard InChI is InChI=1S/C18H22N2O4/c1-22-15-7-5-4-6-13(15)11-20-18(21)12-19-14-8-9-16(23-2)17(10-14)24-3/h4-10,19H,11-12H2,1-3H3,(H,20,21). The van der Waals surface area contributed by atoms with E-state index in [4.69, 9.17) is 14.2 Å². The van der Waals surface area contributed by atoms with E-state index in [1.165, 1.54) is 0 Å². The largest absolute Gasteiger partial charge is 0.496 e. The molecule has 0 saturated carbocycles. The van der Waals surface area contributed by atoms with Crippen LogP contribution in [0.2, 0.25) is 0 Å². The summed E-state index contributed by atoms with van der Waals surface area (Å²) in [4.78, 5) is 12.0. The van der Waals surface area contributed by atoms with Crippen molar-refractivity contribution < 1.29 is 19.0 Å². The zero-order valence-electron chi connectivity index (χ0n) is 14.1. The fourth-order valence-electron chi connectivity index (χ4n) is 2.23. The lowest BCUT2D eigenvalue weighted by Crippen LogP contribution is -2.29. The van der Waals surface area contributed by atoms with Gasteiger partial charge in [-0.05, 0) is 18.2 Å². The number of hydrogen-bond acceptors (Lipinski definition) is 5. The molecule has 0 spiro atoms. The zero-order chi connectivity index (χ0) is 17.4. The molecule has 24 heavy (non-hydrogen) atoms. The summed E-state index contributed by atoms with van der Waals surface area (Å²) in [5.41, 5.74) is 1.71. The van der Waals surface area contributed by atoms with Gasteiger partial charge in [0.15, 0.2) is 11.5 Å². The quantitative estimate of drug-likeness (QED) is 0.778. The molecule has 0 unspecified atom stereocenters. The maximum absolute atomic E-state index is 12.0. The van der Waals surface area contributed by atoms with Crippen LogP contribution in [0.3, 0.4) is 0 Å². The lowest BCUT2D eigenvalue weighted by Gasteiger charge is -2.12. The van der Waals surface area contributed by atoms with Gasteiger partial charge in [-0.1, -0.05) is 18.2 Å². The van der Waals surface area contributed by atoms with Crippen molar-refractivity contribution in [2.75, 3.05) is 33.2 Å². The summed E-state index contributed by atoms with van der Waals surface area (Å²) in [5, 5.41) is 5.91. The Hall–Kier alpha value is -2.89. The fourth-order valence-corrected chi connectivity index (χ4v) is 2.23. The topological polar surface area (TPSA) is 68.8 Å². The van der Waals surface area contributed by atoms with Gasteiger partial charge in [-0.2, -0.15) is 0 Å². The summed E-state index contributed by atoms with van der Waals surface area (Å²) in [6.45, 7) is 0.571. The molecule has 6 heteroatoms. The van der Waals surface area contributed by atoms with Crippen molar-refractivity contribution >= 4 is 11.6 Å². The summed E-state index contributed by atoms with van der Waals surface area (Å²) < 4.78 is 15.7. The van der Waals surface area contributed by atoms with Gasteiger partial charge >= 0.3 is 0 Å². The molecule has 0 aliphatic carbocycles. The van der Waals surface area contributed by atoms with Crippen LogP contribution in [0.5, 0.6) is 17.2 Å². The Balaban J connectivity index is 1.87. The molecule has 2 N–H and O–H groups in total. The maximum Gasteiger partial charge on any atom is 0.239 e. The molecule has 0 aromatic heterocycles.